The van der Waals surface area contributed by atoms with E-state index in [1.165, 1.54) is 5.56 Å². The normalized spacial score (nSPS) is 15.9. The van der Waals surface area contributed by atoms with Crippen molar-refractivity contribution < 1.29 is 0 Å². The SMILES string of the molecule is CCNc1nc2[nH]nc(C3(c4ccccc4)CC3)c2c(=O)[nH]1. The van der Waals surface area contributed by atoms with Crippen molar-refractivity contribution in [3.63, 3.8) is 0 Å². The maximum Gasteiger partial charge on any atom is 0.263 e. The molecule has 0 atom stereocenters. The predicted molar refractivity (Wildman–Crippen MR) is 85.1 cm³/mol. The summed E-state index contributed by atoms with van der Waals surface area (Å²) in [7, 11) is 0. The van der Waals surface area contributed by atoms with Crippen LogP contribution in [-0.2, 0) is 5.41 Å². The van der Waals surface area contributed by atoms with Gasteiger partial charge in [-0.25, -0.2) is 0 Å². The second-order valence-electron chi connectivity index (χ2n) is 5.69. The molecule has 0 amide bonds. The van der Waals surface area contributed by atoms with Gasteiger partial charge < -0.3 is 5.32 Å². The Balaban J connectivity index is 1.89. The van der Waals surface area contributed by atoms with Crippen molar-refractivity contribution in [3.8, 4) is 0 Å². The summed E-state index contributed by atoms with van der Waals surface area (Å²) in [6.07, 6.45) is 2.01. The number of hydrogen-bond donors (Lipinski definition) is 3. The van der Waals surface area contributed by atoms with Crippen molar-refractivity contribution in [2.24, 2.45) is 0 Å². The van der Waals surface area contributed by atoms with Gasteiger partial charge in [-0.05, 0) is 25.3 Å². The maximum absolute atomic E-state index is 12.5. The first-order chi connectivity index (χ1) is 10.7. The van der Waals surface area contributed by atoms with E-state index in [9.17, 15) is 4.79 Å². The molecule has 0 spiro atoms. The summed E-state index contributed by atoms with van der Waals surface area (Å²) in [6.45, 7) is 2.65. The van der Waals surface area contributed by atoms with Gasteiger partial charge in [0.25, 0.3) is 5.56 Å². The molecule has 112 valence electrons. The van der Waals surface area contributed by atoms with Crippen molar-refractivity contribution in [2.45, 2.75) is 25.2 Å². The molecule has 1 aliphatic carbocycles. The minimum Gasteiger partial charge on any atom is -0.356 e. The predicted octanol–water partition coefficient (Wildman–Crippen LogP) is 2.16. The molecular weight excluding hydrogens is 278 g/mol. The molecule has 6 heteroatoms. The van der Waals surface area contributed by atoms with E-state index in [0.717, 1.165) is 18.5 Å². The summed E-state index contributed by atoms with van der Waals surface area (Å²) >= 11 is 0. The minimum absolute atomic E-state index is 0.145. The van der Waals surface area contributed by atoms with Crippen LogP contribution in [0.25, 0.3) is 11.0 Å². The second kappa shape index (κ2) is 4.69. The highest BCUT2D eigenvalue weighted by Crippen LogP contribution is 2.53. The maximum atomic E-state index is 12.5. The van der Waals surface area contributed by atoms with Crippen LogP contribution in [0.15, 0.2) is 35.1 Å². The number of aromatic nitrogens is 4. The number of nitrogens with zero attached hydrogens (tertiary/aromatic N) is 2. The van der Waals surface area contributed by atoms with E-state index in [4.69, 9.17) is 0 Å². The molecule has 0 bridgehead atoms. The van der Waals surface area contributed by atoms with Gasteiger partial charge in [-0.1, -0.05) is 30.3 Å². The van der Waals surface area contributed by atoms with Crippen LogP contribution < -0.4 is 10.9 Å². The molecule has 0 radical (unpaired) electrons. The first-order valence-corrected chi connectivity index (χ1v) is 7.53. The number of anilines is 1. The molecule has 6 nitrogen and oxygen atoms in total. The van der Waals surface area contributed by atoms with Gasteiger partial charge in [-0.2, -0.15) is 10.1 Å². The molecule has 0 unspecified atom stereocenters. The second-order valence-corrected chi connectivity index (χ2v) is 5.69. The van der Waals surface area contributed by atoms with Crippen molar-refractivity contribution in [3.05, 3.63) is 51.9 Å². The topological polar surface area (TPSA) is 86.5 Å². The van der Waals surface area contributed by atoms with Gasteiger partial charge in [0.1, 0.15) is 5.39 Å². The van der Waals surface area contributed by atoms with Crippen molar-refractivity contribution in [1.82, 2.24) is 20.2 Å². The van der Waals surface area contributed by atoms with Crippen LogP contribution in [0.5, 0.6) is 0 Å². The van der Waals surface area contributed by atoms with Gasteiger partial charge in [0.05, 0.1) is 5.69 Å². The largest absolute Gasteiger partial charge is 0.356 e. The highest BCUT2D eigenvalue weighted by atomic mass is 16.1. The Kier molecular flexibility index (Phi) is 2.79. The number of hydrogen-bond acceptors (Lipinski definition) is 4. The molecule has 1 aliphatic rings. The van der Waals surface area contributed by atoms with E-state index in [1.54, 1.807) is 0 Å². The van der Waals surface area contributed by atoms with Gasteiger partial charge in [0, 0.05) is 12.0 Å². The Morgan fingerprint density at radius 2 is 2.05 bits per heavy atom. The van der Waals surface area contributed by atoms with Gasteiger partial charge >= 0.3 is 0 Å². The van der Waals surface area contributed by atoms with Gasteiger partial charge in [-0.3, -0.25) is 14.9 Å². The summed E-state index contributed by atoms with van der Waals surface area (Å²) in [5.74, 6) is 0.472. The van der Waals surface area contributed by atoms with Crippen LogP contribution in [0, 0.1) is 0 Å². The van der Waals surface area contributed by atoms with Crippen LogP contribution >= 0.6 is 0 Å². The minimum atomic E-state index is -0.146. The van der Waals surface area contributed by atoms with E-state index in [0.29, 0.717) is 23.5 Å². The van der Waals surface area contributed by atoms with Crippen LogP contribution in [0.2, 0.25) is 0 Å². The zero-order chi connectivity index (χ0) is 15.2. The fourth-order valence-electron chi connectivity index (χ4n) is 3.08. The zero-order valence-electron chi connectivity index (χ0n) is 12.3. The lowest BCUT2D eigenvalue weighted by atomic mass is 9.91. The standard InChI is InChI=1S/C16H17N5O/c1-2-17-15-18-13-11(14(22)19-15)12(20-21-13)16(8-9-16)10-6-4-3-5-7-10/h3-7H,2,8-9H2,1H3,(H3,17,18,19,20,21,22). The molecule has 1 saturated carbocycles. The third kappa shape index (κ3) is 1.83. The average molecular weight is 295 g/mol. The van der Waals surface area contributed by atoms with Crippen LogP contribution in [0.1, 0.15) is 31.0 Å². The summed E-state index contributed by atoms with van der Waals surface area (Å²) in [4.78, 5) is 19.7. The number of nitrogens with one attached hydrogen (secondary N) is 3. The first kappa shape index (κ1) is 13.1. The Hall–Kier alpha value is -2.63. The van der Waals surface area contributed by atoms with E-state index in [-0.39, 0.29) is 11.0 Å². The fourth-order valence-corrected chi connectivity index (χ4v) is 3.08. The van der Waals surface area contributed by atoms with Crippen molar-refractivity contribution in [1.29, 1.82) is 0 Å². The first-order valence-electron chi connectivity index (χ1n) is 7.53. The number of rotatable bonds is 4. The lowest BCUT2D eigenvalue weighted by Crippen LogP contribution is -2.17. The Morgan fingerprint density at radius 3 is 2.73 bits per heavy atom. The number of benzene rings is 1. The Labute approximate surface area is 127 Å². The molecule has 2 aromatic heterocycles. The third-order valence-corrected chi connectivity index (χ3v) is 4.30. The van der Waals surface area contributed by atoms with Crippen LogP contribution in [-0.4, -0.2) is 26.7 Å². The molecule has 3 aromatic rings. The highest BCUT2D eigenvalue weighted by Gasteiger charge is 2.49. The van der Waals surface area contributed by atoms with E-state index in [1.807, 2.05) is 25.1 Å². The van der Waals surface area contributed by atoms with Gasteiger partial charge in [0.2, 0.25) is 5.95 Å². The smallest absolute Gasteiger partial charge is 0.263 e. The summed E-state index contributed by atoms with van der Waals surface area (Å²) in [5, 5.41) is 10.9. The van der Waals surface area contributed by atoms with E-state index < -0.39 is 0 Å². The molecular formula is C16H17N5O. The third-order valence-electron chi connectivity index (χ3n) is 4.30. The average Bonchev–Trinajstić information content (AvgIpc) is 3.22. The molecule has 1 fully saturated rings. The van der Waals surface area contributed by atoms with Crippen LogP contribution in [0.4, 0.5) is 5.95 Å². The highest BCUT2D eigenvalue weighted by molar-refractivity contribution is 5.80. The van der Waals surface area contributed by atoms with Crippen molar-refractivity contribution in [2.75, 3.05) is 11.9 Å². The number of aromatic amines is 2. The quantitative estimate of drug-likeness (QED) is 0.688. The van der Waals surface area contributed by atoms with Gasteiger partial charge in [-0.15, -0.1) is 0 Å². The monoisotopic (exact) mass is 295 g/mol. The lowest BCUT2D eigenvalue weighted by Gasteiger charge is -2.13. The molecule has 4 rings (SSSR count). The molecule has 22 heavy (non-hydrogen) atoms. The van der Waals surface area contributed by atoms with E-state index in [2.05, 4.69) is 37.6 Å². The number of fused-ring (bicyclic) bond motifs is 1. The number of H-pyrrole nitrogens is 2. The summed E-state index contributed by atoms with van der Waals surface area (Å²) in [5.41, 5.74) is 2.27. The molecule has 1 aromatic carbocycles. The lowest BCUT2D eigenvalue weighted by molar-refractivity contribution is 0.798. The summed E-state index contributed by atoms with van der Waals surface area (Å²) < 4.78 is 0. The zero-order valence-corrected chi connectivity index (χ0v) is 12.3. The Bertz CT molecular complexity index is 876. The molecule has 2 heterocycles. The summed E-state index contributed by atoms with van der Waals surface area (Å²) in [6, 6.07) is 10.2. The Morgan fingerprint density at radius 1 is 1.27 bits per heavy atom. The van der Waals surface area contributed by atoms with Crippen molar-refractivity contribution >= 4 is 17.0 Å². The molecule has 0 saturated heterocycles. The van der Waals surface area contributed by atoms with Crippen LogP contribution in [0.3, 0.4) is 0 Å². The van der Waals surface area contributed by atoms with Gasteiger partial charge in [0.15, 0.2) is 5.65 Å². The molecule has 3 N–H and O–H groups in total. The molecule has 0 aliphatic heterocycles. The van der Waals surface area contributed by atoms with E-state index >= 15 is 0 Å². The fraction of sp³-hybridized carbons (Fsp3) is 0.312.